The molecular formula is C26H23FN2O5. The number of rotatable bonds is 8. The second-order valence-electron chi connectivity index (χ2n) is 7.43. The van der Waals surface area contributed by atoms with E-state index in [1.807, 2.05) is 0 Å². The molecule has 3 aromatic rings. The molecule has 0 radical (unpaired) electrons. The Balaban J connectivity index is 1.81. The van der Waals surface area contributed by atoms with Crippen LogP contribution >= 0.6 is 0 Å². The number of hydrogen-bond donors (Lipinski definition) is 1. The molecule has 1 aliphatic rings. The van der Waals surface area contributed by atoms with Crippen LogP contribution in [0.5, 0.6) is 17.2 Å². The molecule has 34 heavy (non-hydrogen) atoms. The first-order chi connectivity index (χ1) is 16.5. The van der Waals surface area contributed by atoms with Gasteiger partial charge in [0.1, 0.15) is 28.8 Å². The summed E-state index contributed by atoms with van der Waals surface area (Å²) in [6.07, 6.45) is 0. The summed E-state index contributed by atoms with van der Waals surface area (Å²) in [5.74, 6) is -0.248. The van der Waals surface area contributed by atoms with Crippen LogP contribution in [0.15, 0.2) is 72.4 Å². The zero-order valence-corrected chi connectivity index (χ0v) is 18.9. The summed E-state index contributed by atoms with van der Waals surface area (Å²) in [6.45, 7) is -0.214. The Morgan fingerprint density at radius 1 is 0.824 bits per heavy atom. The van der Waals surface area contributed by atoms with E-state index in [0.29, 0.717) is 28.5 Å². The van der Waals surface area contributed by atoms with Crippen LogP contribution in [-0.4, -0.2) is 38.0 Å². The van der Waals surface area contributed by atoms with Gasteiger partial charge in [0.05, 0.1) is 39.1 Å². The predicted molar refractivity (Wildman–Crippen MR) is 125 cm³/mol. The normalized spacial score (nSPS) is 13.4. The zero-order chi connectivity index (χ0) is 24.2. The predicted octanol–water partition coefficient (Wildman–Crippen LogP) is 4.24. The molecule has 1 N–H and O–H groups in total. The monoisotopic (exact) mass is 462 g/mol. The Morgan fingerprint density at radius 3 is 2.24 bits per heavy atom. The quantitative estimate of drug-likeness (QED) is 0.505. The molecule has 3 aromatic carbocycles. The largest absolute Gasteiger partial charge is 0.497 e. The average Bonchev–Trinajstić information content (AvgIpc) is 3.09. The minimum atomic E-state index is -0.591. The number of nitrogens with one attached hydrogen (secondary N) is 1. The average molecular weight is 462 g/mol. The van der Waals surface area contributed by atoms with Gasteiger partial charge in [-0.05, 0) is 24.3 Å². The van der Waals surface area contributed by atoms with Crippen LogP contribution in [0.2, 0.25) is 0 Å². The van der Waals surface area contributed by atoms with Crippen molar-refractivity contribution in [1.82, 2.24) is 4.90 Å². The van der Waals surface area contributed by atoms with Gasteiger partial charge in [-0.2, -0.15) is 0 Å². The van der Waals surface area contributed by atoms with Crippen molar-refractivity contribution in [1.29, 1.82) is 0 Å². The third-order valence-electron chi connectivity index (χ3n) is 5.50. The van der Waals surface area contributed by atoms with E-state index in [4.69, 9.17) is 14.2 Å². The summed E-state index contributed by atoms with van der Waals surface area (Å²) in [6, 6.07) is 18.0. The number of methoxy groups -OCH3 is 3. The van der Waals surface area contributed by atoms with E-state index in [1.54, 1.807) is 54.6 Å². The van der Waals surface area contributed by atoms with E-state index in [0.717, 1.165) is 4.90 Å². The summed E-state index contributed by atoms with van der Waals surface area (Å²) in [4.78, 5) is 28.0. The van der Waals surface area contributed by atoms with Gasteiger partial charge < -0.3 is 19.5 Å². The minimum absolute atomic E-state index is 0.0364. The summed E-state index contributed by atoms with van der Waals surface area (Å²) >= 11 is 0. The minimum Gasteiger partial charge on any atom is -0.497 e. The number of amides is 2. The van der Waals surface area contributed by atoms with Gasteiger partial charge in [0.15, 0.2) is 0 Å². The summed E-state index contributed by atoms with van der Waals surface area (Å²) in [5, 5.41) is 3.06. The molecular weight excluding hydrogens is 439 g/mol. The maximum absolute atomic E-state index is 14.3. The Morgan fingerprint density at radius 2 is 1.53 bits per heavy atom. The van der Waals surface area contributed by atoms with Gasteiger partial charge in [0.2, 0.25) is 0 Å². The number of carbonyl (C=O) groups is 2. The molecule has 0 aliphatic carbocycles. The van der Waals surface area contributed by atoms with Crippen molar-refractivity contribution in [3.05, 3.63) is 89.4 Å². The Kier molecular flexibility index (Phi) is 6.49. The van der Waals surface area contributed by atoms with Crippen LogP contribution in [0.4, 0.5) is 10.1 Å². The topological polar surface area (TPSA) is 77.1 Å². The molecule has 174 valence electrons. The first-order valence-electron chi connectivity index (χ1n) is 10.4. The number of hydrogen-bond acceptors (Lipinski definition) is 6. The molecule has 7 nitrogen and oxygen atoms in total. The van der Waals surface area contributed by atoms with Gasteiger partial charge in [0, 0.05) is 17.2 Å². The molecule has 0 saturated heterocycles. The number of imide groups is 1. The van der Waals surface area contributed by atoms with Crippen LogP contribution in [0.3, 0.4) is 0 Å². The molecule has 4 rings (SSSR count). The highest BCUT2D eigenvalue weighted by Gasteiger charge is 2.40. The summed E-state index contributed by atoms with van der Waals surface area (Å²) in [5.41, 5.74) is 1.28. The molecule has 8 heteroatoms. The second kappa shape index (κ2) is 9.66. The summed E-state index contributed by atoms with van der Waals surface area (Å²) in [7, 11) is 4.50. The van der Waals surface area contributed by atoms with Crippen LogP contribution in [-0.2, 0) is 16.1 Å². The SMILES string of the molecule is COc1ccc(NC2=C(c3ccccc3OC)C(=O)N(Cc3ccccc3F)C2=O)c(OC)c1. The van der Waals surface area contributed by atoms with E-state index in [1.165, 1.54) is 33.5 Å². The standard InChI is InChI=1S/C26H23FN2O5/c1-32-17-12-13-20(22(14-17)34-3)28-24-23(18-9-5-7-11-21(18)33-2)25(30)29(26(24)31)15-16-8-4-6-10-19(16)27/h4-14,28H,15H2,1-3H3. The molecule has 0 unspecified atom stereocenters. The molecule has 0 atom stereocenters. The van der Waals surface area contributed by atoms with Gasteiger partial charge in [0.25, 0.3) is 11.8 Å². The Bertz CT molecular complexity index is 1290. The number of para-hydroxylation sites is 1. The van der Waals surface area contributed by atoms with Crippen molar-refractivity contribution < 1.29 is 28.2 Å². The van der Waals surface area contributed by atoms with Gasteiger partial charge in [-0.3, -0.25) is 14.5 Å². The molecule has 0 aromatic heterocycles. The van der Waals surface area contributed by atoms with Gasteiger partial charge in [-0.1, -0.05) is 36.4 Å². The van der Waals surface area contributed by atoms with Crippen LogP contribution in [0.25, 0.3) is 5.57 Å². The van der Waals surface area contributed by atoms with E-state index in [9.17, 15) is 14.0 Å². The number of anilines is 1. The second-order valence-corrected chi connectivity index (χ2v) is 7.43. The van der Waals surface area contributed by atoms with Crippen LogP contribution in [0.1, 0.15) is 11.1 Å². The molecule has 0 spiro atoms. The van der Waals surface area contributed by atoms with Crippen LogP contribution in [0, 0.1) is 5.82 Å². The third-order valence-corrected chi connectivity index (χ3v) is 5.50. The number of benzene rings is 3. The number of ether oxygens (including phenoxy) is 3. The number of carbonyl (C=O) groups excluding carboxylic acids is 2. The molecule has 0 fully saturated rings. The first-order valence-corrected chi connectivity index (χ1v) is 10.4. The van der Waals surface area contributed by atoms with Crippen molar-refractivity contribution >= 4 is 23.1 Å². The smallest absolute Gasteiger partial charge is 0.278 e. The van der Waals surface area contributed by atoms with Gasteiger partial charge in [-0.25, -0.2) is 4.39 Å². The first kappa shape index (κ1) is 22.8. The van der Waals surface area contributed by atoms with Crippen molar-refractivity contribution in [2.24, 2.45) is 0 Å². The van der Waals surface area contributed by atoms with E-state index >= 15 is 0 Å². The van der Waals surface area contributed by atoms with Crippen molar-refractivity contribution in [3.8, 4) is 17.2 Å². The number of halogens is 1. The van der Waals surface area contributed by atoms with Gasteiger partial charge in [-0.15, -0.1) is 0 Å². The lowest BCUT2D eigenvalue weighted by molar-refractivity contribution is -0.137. The Hall–Kier alpha value is -4.33. The third kappa shape index (κ3) is 4.17. The highest BCUT2D eigenvalue weighted by atomic mass is 19.1. The lowest BCUT2D eigenvalue weighted by Gasteiger charge is -2.16. The summed E-state index contributed by atoms with van der Waals surface area (Å²) < 4.78 is 30.4. The number of nitrogens with zero attached hydrogens (tertiary/aromatic N) is 1. The van der Waals surface area contributed by atoms with E-state index in [2.05, 4.69) is 5.32 Å². The van der Waals surface area contributed by atoms with E-state index < -0.39 is 17.6 Å². The molecule has 0 saturated carbocycles. The van der Waals surface area contributed by atoms with Crippen molar-refractivity contribution in [2.75, 3.05) is 26.6 Å². The fourth-order valence-electron chi connectivity index (χ4n) is 3.77. The molecule has 0 bridgehead atoms. The lowest BCUT2D eigenvalue weighted by Crippen LogP contribution is -2.32. The van der Waals surface area contributed by atoms with Crippen LogP contribution < -0.4 is 19.5 Å². The molecule has 1 aliphatic heterocycles. The molecule has 1 heterocycles. The van der Waals surface area contributed by atoms with Crippen molar-refractivity contribution in [3.63, 3.8) is 0 Å². The fraction of sp³-hybridized carbons (Fsp3) is 0.154. The molecule has 2 amide bonds. The maximum Gasteiger partial charge on any atom is 0.278 e. The van der Waals surface area contributed by atoms with E-state index in [-0.39, 0.29) is 23.4 Å². The highest BCUT2D eigenvalue weighted by Crippen LogP contribution is 2.38. The van der Waals surface area contributed by atoms with Crippen molar-refractivity contribution in [2.45, 2.75) is 6.54 Å². The fourth-order valence-corrected chi connectivity index (χ4v) is 3.77. The zero-order valence-electron chi connectivity index (χ0n) is 18.9. The highest BCUT2D eigenvalue weighted by molar-refractivity contribution is 6.37. The lowest BCUT2D eigenvalue weighted by atomic mass is 10.0. The maximum atomic E-state index is 14.3. The van der Waals surface area contributed by atoms with Gasteiger partial charge >= 0.3 is 0 Å². The Labute approximate surface area is 196 Å².